The molecule has 0 saturated heterocycles. The zero-order chi connectivity index (χ0) is 38.8. The Morgan fingerprint density at radius 2 is 1.10 bits per heavy atom. The largest absolute Gasteiger partial charge is 0.495 e. The Morgan fingerprint density at radius 3 is 1.56 bits per heavy atom. The Morgan fingerprint density at radius 1 is 0.615 bits per heavy atom. The van der Waals surface area contributed by atoms with Crippen LogP contribution < -0.4 is 4.74 Å². The van der Waals surface area contributed by atoms with Crippen LogP contribution in [-0.4, -0.2) is 61.4 Å². The number of methoxy groups -OCH3 is 3. The SMILES string of the molecule is COc1cc2c(cc1S(OS(=O)(=O)C(F)(F)C(F)(F)C(F)(F)C(F)(F)F)(c1ccccc1)c1ccccc1)C(OC)(OC)c1ccccc1S2(=O)=O. The van der Waals surface area contributed by atoms with Gasteiger partial charge in [0, 0.05) is 41.2 Å². The Kier molecular flexibility index (Phi) is 9.80. The predicted molar refractivity (Wildman–Crippen MR) is 166 cm³/mol. The number of ether oxygens (including phenoxy) is 3. The van der Waals surface area contributed by atoms with Gasteiger partial charge >= 0.3 is 33.4 Å². The molecule has 8 nitrogen and oxygen atoms in total. The molecule has 1 heterocycles. The first-order valence-corrected chi connectivity index (χ1v) is 18.8. The van der Waals surface area contributed by atoms with Crippen molar-refractivity contribution in [3.8, 4) is 5.75 Å². The van der Waals surface area contributed by atoms with E-state index in [4.69, 9.17) is 17.8 Å². The minimum atomic E-state index is -7.63. The highest BCUT2D eigenvalue weighted by Crippen LogP contribution is 2.74. The molecule has 5 rings (SSSR count). The summed E-state index contributed by atoms with van der Waals surface area (Å²) >= 11 is 0. The number of sulfone groups is 1. The van der Waals surface area contributed by atoms with Crippen LogP contribution in [0.15, 0.2) is 122 Å². The number of hydrogen-bond donors (Lipinski definition) is 0. The maximum atomic E-state index is 15.5. The van der Waals surface area contributed by atoms with Crippen molar-refractivity contribution in [1.82, 2.24) is 0 Å². The van der Waals surface area contributed by atoms with Crippen LogP contribution in [0.5, 0.6) is 5.75 Å². The molecular weight excluding hydrogens is 780 g/mol. The van der Waals surface area contributed by atoms with Crippen LogP contribution >= 0.6 is 10.3 Å². The minimum absolute atomic E-state index is 0.113. The fourth-order valence-electron chi connectivity index (χ4n) is 5.59. The first-order chi connectivity index (χ1) is 24.0. The molecule has 1 aliphatic heterocycles. The lowest BCUT2D eigenvalue weighted by Gasteiger charge is -2.43. The van der Waals surface area contributed by atoms with Crippen LogP contribution in [0.1, 0.15) is 11.1 Å². The molecular formula is C32H25F9O8S3. The summed E-state index contributed by atoms with van der Waals surface area (Å²) in [6.45, 7) is 0. The smallest absolute Gasteiger partial charge is 0.460 e. The van der Waals surface area contributed by atoms with Gasteiger partial charge in [-0.05, 0) is 46.7 Å². The third kappa shape index (κ3) is 5.48. The number of fused-ring (bicyclic) bond motifs is 2. The van der Waals surface area contributed by atoms with E-state index in [9.17, 15) is 47.6 Å². The normalized spacial score (nSPS) is 16.5. The van der Waals surface area contributed by atoms with E-state index in [-0.39, 0.29) is 10.5 Å². The highest BCUT2D eigenvalue weighted by Gasteiger charge is 2.86. The number of rotatable bonds is 11. The number of halogens is 9. The van der Waals surface area contributed by atoms with Gasteiger partial charge in [0.2, 0.25) is 15.6 Å². The third-order valence-electron chi connectivity index (χ3n) is 8.10. The van der Waals surface area contributed by atoms with Gasteiger partial charge in [-0.1, -0.05) is 54.6 Å². The van der Waals surface area contributed by atoms with Crippen molar-refractivity contribution in [2.24, 2.45) is 0 Å². The van der Waals surface area contributed by atoms with Crippen molar-refractivity contribution in [2.45, 2.75) is 53.5 Å². The summed E-state index contributed by atoms with van der Waals surface area (Å²) in [6.07, 6.45) is -7.34. The van der Waals surface area contributed by atoms with Gasteiger partial charge in [0.15, 0.2) is 0 Å². The van der Waals surface area contributed by atoms with Gasteiger partial charge in [0.05, 0.1) is 21.8 Å². The van der Waals surface area contributed by atoms with Crippen molar-refractivity contribution in [3.05, 3.63) is 108 Å². The van der Waals surface area contributed by atoms with Crippen molar-refractivity contribution in [1.29, 1.82) is 0 Å². The summed E-state index contributed by atoms with van der Waals surface area (Å²) in [4.78, 5) is -2.40. The van der Waals surface area contributed by atoms with Crippen LogP contribution in [0.2, 0.25) is 0 Å². The summed E-state index contributed by atoms with van der Waals surface area (Å²) in [5, 5.41) is -7.26. The third-order valence-corrected chi connectivity index (χ3v) is 15.2. The van der Waals surface area contributed by atoms with Crippen LogP contribution in [0, 0.1) is 0 Å². The lowest BCUT2D eigenvalue weighted by Crippen LogP contribution is -2.63. The van der Waals surface area contributed by atoms with E-state index in [0.717, 1.165) is 57.7 Å². The standard InChI is InChI=1S/C32H25F9O8S3/c1-46-24-19-26-23(28(47-2,48-3)22-16-10-11-17-25(22)51(26,42)43)18-27(24)50(20-12-6-4-7-13-20,21-14-8-5-9-15-21)49-52(44,45)32(40,41)30(35,36)29(33,34)31(37,38)39/h4-19H,1-3H3. The lowest BCUT2D eigenvalue weighted by molar-refractivity contribution is -0.382. The average molecular weight is 805 g/mol. The van der Waals surface area contributed by atoms with E-state index >= 15 is 8.78 Å². The zero-order valence-electron chi connectivity index (χ0n) is 26.6. The van der Waals surface area contributed by atoms with E-state index in [0.29, 0.717) is 0 Å². The van der Waals surface area contributed by atoms with Gasteiger partial charge < -0.3 is 14.2 Å². The first kappa shape index (κ1) is 39.4. The molecule has 0 N–H and O–H groups in total. The number of benzene rings is 4. The van der Waals surface area contributed by atoms with Crippen molar-refractivity contribution >= 4 is 30.3 Å². The summed E-state index contributed by atoms with van der Waals surface area (Å²) in [5.74, 6) is -18.0. The zero-order valence-corrected chi connectivity index (χ0v) is 29.1. The van der Waals surface area contributed by atoms with Gasteiger partial charge in [-0.15, -0.1) is 0 Å². The highest BCUT2D eigenvalue weighted by molar-refractivity contribution is 8.33. The first-order valence-electron chi connectivity index (χ1n) is 14.3. The molecule has 0 aliphatic carbocycles. The Bertz CT molecular complexity index is 2160. The number of hydrogen-bond acceptors (Lipinski definition) is 8. The fraction of sp³-hybridized carbons (Fsp3) is 0.250. The topological polar surface area (TPSA) is 105 Å². The van der Waals surface area contributed by atoms with Crippen molar-refractivity contribution < 1.29 is 74.2 Å². The molecule has 0 unspecified atom stereocenters. The van der Waals surface area contributed by atoms with Gasteiger partial charge in [-0.2, -0.15) is 47.9 Å². The average Bonchev–Trinajstić information content (AvgIpc) is 3.11. The van der Waals surface area contributed by atoms with Crippen LogP contribution in [0.25, 0.3) is 0 Å². The molecule has 4 aromatic carbocycles. The Labute approximate surface area is 292 Å². The molecule has 0 aromatic heterocycles. The van der Waals surface area contributed by atoms with E-state index in [1.807, 2.05) is 0 Å². The lowest BCUT2D eigenvalue weighted by atomic mass is 9.96. The molecule has 0 amide bonds. The van der Waals surface area contributed by atoms with Gasteiger partial charge in [-0.25, -0.2) is 12.0 Å². The molecule has 4 aromatic rings. The fourth-order valence-corrected chi connectivity index (χ4v) is 12.7. The predicted octanol–water partition coefficient (Wildman–Crippen LogP) is 8.30. The molecule has 52 heavy (non-hydrogen) atoms. The van der Waals surface area contributed by atoms with E-state index in [2.05, 4.69) is 0 Å². The van der Waals surface area contributed by atoms with Crippen LogP contribution in [-0.2, 0) is 38.8 Å². The van der Waals surface area contributed by atoms with Crippen LogP contribution in [0.4, 0.5) is 39.5 Å². The summed E-state index contributed by atoms with van der Waals surface area (Å²) in [5.41, 5.74) is -0.546. The van der Waals surface area contributed by atoms with Gasteiger partial charge in [0.25, 0.3) is 0 Å². The summed E-state index contributed by atoms with van der Waals surface area (Å²) < 4.78 is 205. The molecule has 20 heteroatoms. The van der Waals surface area contributed by atoms with Gasteiger partial charge in [0.1, 0.15) is 5.75 Å². The van der Waals surface area contributed by atoms with Crippen LogP contribution in [0.3, 0.4) is 0 Å². The minimum Gasteiger partial charge on any atom is -0.495 e. The van der Waals surface area contributed by atoms with Crippen molar-refractivity contribution in [2.75, 3.05) is 21.3 Å². The second-order valence-corrected chi connectivity index (χ2v) is 17.2. The molecule has 0 radical (unpaired) electrons. The molecule has 0 bridgehead atoms. The second kappa shape index (κ2) is 12.9. The maximum Gasteiger partial charge on any atom is 0.460 e. The second-order valence-electron chi connectivity index (χ2n) is 10.9. The number of alkyl halides is 9. The Hall–Kier alpha value is -3.82. The Balaban J connectivity index is 1.95. The van der Waals surface area contributed by atoms with E-state index in [1.165, 1.54) is 60.7 Å². The molecule has 0 fully saturated rings. The summed E-state index contributed by atoms with van der Waals surface area (Å²) in [7, 11) is -13.6. The monoisotopic (exact) mass is 804 g/mol. The molecule has 0 atom stereocenters. The molecule has 1 aliphatic rings. The molecule has 282 valence electrons. The van der Waals surface area contributed by atoms with E-state index < -0.39 is 90.2 Å². The molecule has 0 spiro atoms. The highest BCUT2D eigenvalue weighted by atomic mass is 32.3. The van der Waals surface area contributed by atoms with Gasteiger partial charge in [-0.3, -0.25) is 0 Å². The molecule has 0 saturated carbocycles. The maximum absolute atomic E-state index is 15.5. The van der Waals surface area contributed by atoms with E-state index in [1.54, 1.807) is 0 Å². The quantitative estimate of drug-likeness (QED) is 0.110. The summed E-state index contributed by atoms with van der Waals surface area (Å²) in [6, 6.07) is 18.9. The van der Waals surface area contributed by atoms with Crippen molar-refractivity contribution in [3.63, 3.8) is 0 Å².